The summed E-state index contributed by atoms with van der Waals surface area (Å²) in [6.07, 6.45) is 7.93. The smallest absolute Gasteiger partial charge is 0.302 e. The number of ether oxygens (including phenoxy) is 1. The molecule has 0 spiro atoms. The van der Waals surface area contributed by atoms with Crippen molar-refractivity contribution in [1.29, 1.82) is 0 Å². The lowest BCUT2D eigenvalue weighted by Crippen LogP contribution is -2.58. The molecular weight excluding hydrogens is 464 g/mol. The minimum Gasteiger partial charge on any atom is -0.462 e. The lowest BCUT2D eigenvalue weighted by Gasteiger charge is -2.62. The number of fused-ring (bicyclic) bond motifs is 3. The van der Waals surface area contributed by atoms with Gasteiger partial charge in [0.1, 0.15) is 6.10 Å². The van der Waals surface area contributed by atoms with E-state index < -0.39 is 11.7 Å². The third-order valence-corrected chi connectivity index (χ3v) is 11.4. The Hall–Kier alpha value is -1.72. The van der Waals surface area contributed by atoms with E-state index in [4.69, 9.17) is 4.74 Å². The topological polar surface area (TPSA) is 83.8 Å². The molecule has 5 nitrogen and oxygen atoms in total. The number of esters is 1. The van der Waals surface area contributed by atoms with Crippen LogP contribution in [0.25, 0.3) is 0 Å². The van der Waals surface area contributed by atoms with Crippen LogP contribution in [0.1, 0.15) is 93.9 Å². The predicted octanol–water partition coefficient (Wildman–Crippen LogP) is 5.95. The number of aliphatic hydroxyl groups is 2. The number of hydrogen-bond donors (Lipinski definition) is 2. The van der Waals surface area contributed by atoms with Gasteiger partial charge in [-0.25, -0.2) is 0 Å². The van der Waals surface area contributed by atoms with Gasteiger partial charge in [-0.3, -0.25) is 9.59 Å². The first-order valence-corrected chi connectivity index (χ1v) is 14.1. The first kappa shape index (κ1) is 28.3. The Morgan fingerprint density at radius 2 is 1.70 bits per heavy atom. The Kier molecular flexibility index (Phi) is 7.03. The van der Waals surface area contributed by atoms with Crippen molar-refractivity contribution in [3.63, 3.8) is 0 Å². The summed E-state index contributed by atoms with van der Waals surface area (Å²) in [6, 6.07) is 0. The minimum atomic E-state index is -1.23. The van der Waals surface area contributed by atoms with Gasteiger partial charge in [-0.05, 0) is 81.6 Å². The molecule has 4 aliphatic rings. The van der Waals surface area contributed by atoms with Crippen molar-refractivity contribution in [1.82, 2.24) is 0 Å². The number of hydrogen-bond acceptors (Lipinski definition) is 5. The van der Waals surface area contributed by atoms with Crippen molar-refractivity contribution in [3.05, 3.63) is 35.5 Å². The Morgan fingerprint density at radius 3 is 2.30 bits per heavy atom. The van der Waals surface area contributed by atoms with Crippen LogP contribution in [-0.4, -0.2) is 39.8 Å². The molecule has 0 aromatic carbocycles. The molecule has 0 heterocycles. The van der Waals surface area contributed by atoms with E-state index in [2.05, 4.69) is 34.3 Å². The molecule has 0 aliphatic heterocycles. The fourth-order valence-corrected chi connectivity index (χ4v) is 9.40. The first-order valence-electron chi connectivity index (χ1n) is 14.1. The van der Waals surface area contributed by atoms with Gasteiger partial charge < -0.3 is 14.9 Å². The summed E-state index contributed by atoms with van der Waals surface area (Å²) in [6.45, 7) is 20.4. The highest BCUT2D eigenvalue weighted by atomic mass is 16.5. The SMILES string of the molecule is C=C(C)[C@@H]1C[C@@H](O)[C@](C)(O)[C@H]1/C=C/C(C)=C1\C(=O)C[C@H]2[C@@]3(C)CC[C@H](OC(C)=O)C(C)(C)[C@@H]3CC[C@]12C. The van der Waals surface area contributed by atoms with Gasteiger partial charge in [0, 0.05) is 35.7 Å². The van der Waals surface area contributed by atoms with Crippen LogP contribution < -0.4 is 0 Å². The van der Waals surface area contributed by atoms with E-state index in [1.54, 1.807) is 6.92 Å². The van der Waals surface area contributed by atoms with E-state index in [1.807, 2.05) is 26.0 Å². The van der Waals surface area contributed by atoms with Crippen LogP contribution in [-0.2, 0) is 14.3 Å². The molecule has 4 saturated carbocycles. The molecule has 2 N–H and O–H groups in total. The van der Waals surface area contributed by atoms with Crippen LogP contribution in [0.5, 0.6) is 0 Å². The number of carbonyl (C=O) groups is 2. The van der Waals surface area contributed by atoms with Gasteiger partial charge in [0.05, 0.1) is 11.7 Å². The van der Waals surface area contributed by atoms with Crippen LogP contribution >= 0.6 is 0 Å². The lowest BCUT2D eigenvalue weighted by molar-refractivity contribution is -0.185. The van der Waals surface area contributed by atoms with Gasteiger partial charge in [-0.1, -0.05) is 52.0 Å². The lowest BCUT2D eigenvalue weighted by atomic mass is 9.43. The standard InChI is InChI=1S/C32H48O5/c1-18(2)21-16-26(35)32(9,36)22(21)11-10-19(3)28-23(34)17-25-30(7)15-13-27(37-20(4)33)29(5,6)24(30)12-14-31(25,28)8/h10-11,21-22,24-27,35-36H,1,12-17H2,2-9H3/b11-10+,28-19+/t21-,22-,24-,25-,26+,27-,30-,31-,32+/m0/s1. The Bertz CT molecular complexity index is 1050. The number of rotatable bonds is 4. The normalized spacial score (nSPS) is 46.5. The second-order valence-electron chi connectivity index (χ2n) is 14.0. The van der Waals surface area contributed by atoms with Crippen molar-refractivity contribution >= 4 is 11.8 Å². The zero-order valence-electron chi connectivity index (χ0n) is 24.2. The third kappa shape index (κ3) is 4.29. The quantitative estimate of drug-likeness (QED) is 0.276. The maximum Gasteiger partial charge on any atom is 0.302 e. The van der Waals surface area contributed by atoms with Crippen molar-refractivity contribution < 1.29 is 24.5 Å². The molecule has 0 amide bonds. The maximum atomic E-state index is 13.7. The largest absolute Gasteiger partial charge is 0.462 e. The van der Waals surface area contributed by atoms with Gasteiger partial charge in [-0.15, -0.1) is 0 Å². The van der Waals surface area contributed by atoms with Crippen LogP contribution in [0.4, 0.5) is 0 Å². The number of carbonyl (C=O) groups excluding carboxylic acids is 2. The van der Waals surface area contributed by atoms with E-state index >= 15 is 0 Å². The highest BCUT2D eigenvalue weighted by Gasteiger charge is 2.65. The fraction of sp³-hybridized carbons (Fsp3) is 0.750. The molecule has 0 bridgehead atoms. The number of aliphatic hydroxyl groups excluding tert-OH is 1. The maximum absolute atomic E-state index is 13.7. The molecule has 5 heteroatoms. The Balaban J connectivity index is 1.67. The molecule has 37 heavy (non-hydrogen) atoms. The van der Waals surface area contributed by atoms with Gasteiger partial charge in [-0.2, -0.15) is 0 Å². The molecule has 206 valence electrons. The van der Waals surface area contributed by atoms with Gasteiger partial charge in [0.25, 0.3) is 0 Å². The van der Waals surface area contributed by atoms with Crippen molar-refractivity contribution in [2.45, 2.75) is 112 Å². The van der Waals surface area contributed by atoms with Gasteiger partial charge in [0.15, 0.2) is 5.78 Å². The number of ketones is 1. The minimum absolute atomic E-state index is 0.00116. The average Bonchev–Trinajstić information content (AvgIpc) is 3.18. The predicted molar refractivity (Wildman–Crippen MR) is 146 cm³/mol. The summed E-state index contributed by atoms with van der Waals surface area (Å²) >= 11 is 0. The van der Waals surface area contributed by atoms with Crippen LogP contribution in [0.3, 0.4) is 0 Å². The number of allylic oxidation sites excluding steroid dienone is 4. The first-order chi connectivity index (χ1) is 17.0. The molecule has 4 rings (SSSR count). The molecule has 4 aliphatic carbocycles. The summed E-state index contributed by atoms with van der Waals surface area (Å²) in [5.41, 5.74) is 1.30. The molecular formula is C32H48O5. The van der Waals surface area contributed by atoms with Crippen molar-refractivity contribution in [3.8, 4) is 0 Å². The third-order valence-electron chi connectivity index (χ3n) is 11.4. The van der Waals surface area contributed by atoms with Gasteiger partial charge in [0.2, 0.25) is 0 Å². The summed E-state index contributed by atoms with van der Waals surface area (Å²) < 4.78 is 5.78. The highest BCUT2D eigenvalue weighted by molar-refractivity contribution is 6.00. The fourth-order valence-electron chi connectivity index (χ4n) is 9.40. The zero-order valence-corrected chi connectivity index (χ0v) is 24.2. The molecule has 9 atom stereocenters. The second kappa shape index (κ2) is 9.19. The van der Waals surface area contributed by atoms with Crippen molar-refractivity contribution in [2.24, 2.45) is 39.9 Å². The Labute approximate surface area is 223 Å². The summed E-state index contributed by atoms with van der Waals surface area (Å²) in [5.74, 6) is 0.416. The molecule has 0 radical (unpaired) electrons. The second-order valence-corrected chi connectivity index (χ2v) is 14.0. The summed E-state index contributed by atoms with van der Waals surface area (Å²) in [5, 5.41) is 21.5. The number of Topliss-reactive ketones (excluding diaryl/α,β-unsaturated/α-hetero) is 1. The Morgan fingerprint density at radius 1 is 1.05 bits per heavy atom. The summed E-state index contributed by atoms with van der Waals surface area (Å²) in [4.78, 5) is 25.5. The van der Waals surface area contributed by atoms with Gasteiger partial charge >= 0.3 is 5.97 Å². The molecule has 4 fully saturated rings. The molecule has 0 unspecified atom stereocenters. The molecule has 0 aromatic rings. The molecule has 0 aromatic heterocycles. The van der Waals surface area contributed by atoms with E-state index in [0.717, 1.165) is 42.4 Å². The average molecular weight is 513 g/mol. The zero-order chi connectivity index (χ0) is 27.7. The van der Waals surface area contributed by atoms with E-state index in [1.165, 1.54) is 6.92 Å². The van der Waals surface area contributed by atoms with E-state index in [-0.39, 0.29) is 51.9 Å². The highest BCUT2D eigenvalue weighted by Crippen LogP contribution is 2.69. The van der Waals surface area contributed by atoms with E-state index in [0.29, 0.717) is 18.8 Å². The van der Waals surface area contributed by atoms with Crippen LogP contribution in [0, 0.1) is 39.9 Å². The van der Waals surface area contributed by atoms with Crippen LogP contribution in [0.2, 0.25) is 0 Å². The monoisotopic (exact) mass is 512 g/mol. The van der Waals surface area contributed by atoms with Crippen LogP contribution in [0.15, 0.2) is 35.5 Å². The van der Waals surface area contributed by atoms with Crippen molar-refractivity contribution in [2.75, 3.05) is 0 Å². The molecule has 0 saturated heterocycles. The summed E-state index contributed by atoms with van der Waals surface area (Å²) in [7, 11) is 0. The van der Waals surface area contributed by atoms with E-state index in [9.17, 15) is 19.8 Å².